The largest absolute Gasteiger partial charge is 0.496 e. The molecule has 0 bridgehead atoms. The minimum atomic E-state index is 0.0178. The van der Waals surface area contributed by atoms with Gasteiger partial charge in [-0.3, -0.25) is 4.79 Å². The monoisotopic (exact) mass is 354 g/mol. The first-order valence-corrected chi connectivity index (χ1v) is 8.83. The molecular weight excluding hydrogens is 332 g/mol. The smallest absolute Gasteiger partial charge is 0.257 e. The first-order chi connectivity index (χ1) is 12.8. The van der Waals surface area contributed by atoms with E-state index in [1.54, 1.807) is 7.11 Å². The van der Waals surface area contributed by atoms with Crippen molar-refractivity contribution in [3.63, 3.8) is 0 Å². The normalized spacial score (nSPS) is 16.3. The second-order valence-electron chi connectivity index (χ2n) is 6.31. The van der Waals surface area contributed by atoms with E-state index in [1.807, 2.05) is 47.4 Å². The molecule has 0 spiro atoms. The predicted molar refractivity (Wildman–Crippen MR) is 98.5 cm³/mol. The number of rotatable bonds is 3. The van der Waals surface area contributed by atoms with Gasteiger partial charge in [-0.05, 0) is 24.3 Å². The summed E-state index contributed by atoms with van der Waals surface area (Å²) in [6.07, 6.45) is 0. The molecular formula is C20H22N2O4. The van der Waals surface area contributed by atoms with Gasteiger partial charge in [0.1, 0.15) is 19.0 Å². The molecule has 26 heavy (non-hydrogen) atoms. The first kappa shape index (κ1) is 16.6. The van der Waals surface area contributed by atoms with Crippen molar-refractivity contribution in [3.8, 4) is 17.2 Å². The van der Waals surface area contributed by atoms with Gasteiger partial charge in [0.05, 0.1) is 12.7 Å². The van der Waals surface area contributed by atoms with Gasteiger partial charge in [-0.2, -0.15) is 0 Å². The molecule has 2 aromatic carbocycles. The van der Waals surface area contributed by atoms with Crippen molar-refractivity contribution < 1.29 is 19.0 Å². The summed E-state index contributed by atoms with van der Waals surface area (Å²) >= 11 is 0. The molecule has 2 aliphatic rings. The highest BCUT2D eigenvalue weighted by molar-refractivity contribution is 5.97. The van der Waals surface area contributed by atoms with E-state index in [0.29, 0.717) is 37.6 Å². The summed E-state index contributed by atoms with van der Waals surface area (Å²) in [5, 5.41) is 0. The number of amides is 1. The summed E-state index contributed by atoms with van der Waals surface area (Å²) in [5.41, 5.74) is 1.71. The Kier molecular flexibility index (Phi) is 4.56. The number of hydrogen-bond acceptors (Lipinski definition) is 5. The number of hydrogen-bond donors (Lipinski definition) is 0. The second-order valence-corrected chi connectivity index (χ2v) is 6.31. The van der Waals surface area contributed by atoms with Crippen molar-refractivity contribution in [3.05, 3.63) is 48.0 Å². The number of nitrogens with zero attached hydrogens (tertiary/aromatic N) is 2. The molecule has 2 aromatic rings. The summed E-state index contributed by atoms with van der Waals surface area (Å²) < 4.78 is 16.6. The van der Waals surface area contributed by atoms with E-state index in [1.165, 1.54) is 0 Å². The molecule has 6 nitrogen and oxygen atoms in total. The number of methoxy groups -OCH3 is 1. The van der Waals surface area contributed by atoms with Crippen LogP contribution in [0.3, 0.4) is 0 Å². The van der Waals surface area contributed by atoms with E-state index in [4.69, 9.17) is 14.2 Å². The van der Waals surface area contributed by atoms with Crippen molar-refractivity contribution in [2.75, 3.05) is 51.4 Å². The van der Waals surface area contributed by atoms with Crippen LogP contribution in [-0.2, 0) is 0 Å². The van der Waals surface area contributed by atoms with Gasteiger partial charge in [0.15, 0.2) is 11.5 Å². The van der Waals surface area contributed by atoms with Crippen molar-refractivity contribution in [2.24, 2.45) is 0 Å². The third kappa shape index (κ3) is 3.14. The van der Waals surface area contributed by atoms with Crippen molar-refractivity contribution in [1.82, 2.24) is 4.90 Å². The molecule has 0 saturated carbocycles. The summed E-state index contributed by atoms with van der Waals surface area (Å²) in [6.45, 7) is 4.07. The van der Waals surface area contributed by atoms with Crippen LogP contribution in [0.4, 0.5) is 5.69 Å². The van der Waals surface area contributed by atoms with E-state index in [2.05, 4.69) is 4.90 Å². The van der Waals surface area contributed by atoms with Crippen LogP contribution < -0.4 is 19.1 Å². The maximum absolute atomic E-state index is 12.8. The SMILES string of the molecule is COc1ccccc1C(=O)N1CCN(c2ccc3c(c2)OCCO3)CC1. The molecule has 1 fully saturated rings. The van der Waals surface area contributed by atoms with E-state index >= 15 is 0 Å². The standard InChI is InChI=1S/C20H22N2O4/c1-24-17-5-3-2-4-16(17)20(23)22-10-8-21(9-11-22)15-6-7-18-19(14-15)26-13-12-25-18/h2-7,14H,8-13H2,1H3. The van der Waals surface area contributed by atoms with Gasteiger partial charge in [-0.1, -0.05) is 12.1 Å². The number of piperazine rings is 1. The van der Waals surface area contributed by atoms with E-state index in [-0.39, 0.29) is 5.91 Å². The van der Waals surface area contributed by atoms with Crippen LogP contribution in [0.2, 0.25) is 0 Å². The third-order valence-corrected chi connectivity index (χ3v) is 4.80. The van der Waals surface area contributed by atoms with Gasteiger partial charge in [0.2, 0.25) is 0 Å². The zero-order valence-corrected chi connectivity index (χ0v) is 14.8. The number of fused-ring (bicyclic) bond motifs is 1. The van der Waals surface area contributed by atoms with Gasteiger partial charge in [-0.15, -0.1) is 0 Å². The lowest BCUT2D eigenvalue weighted by Crippen LogP contribution is -2.48. The molecule has 0 radical (unpaired) electrons. The average molecular weight is 354 g/mol. The molecule has 0 atom stereocenters. The minimum Gasteiger partial charge on any atom is -0.496 e. The summed E-state index contributed by atoms with van der Waals surface area (Å²) in [6, 6.07) is 13.4. The second kappa shape index (κ2) is 7.15. The van der Waals surface area contributed by atoms with Crippen molar-refractivity contribution >= 4 is 11.6 Å². The molecule has 0 aliphatic carbocycles. The lowest BCUT2D eigenvalue weighted by Gasteiger charge is -2.36. The Labute approximate surface area is 152 Å². The maximum Gasteiger partial charge on any atom is 0.257 e. The van der Waals surface area contributed by atoms with Crippen LogP contribution in [0.5, 0.6) is 17.2 Å². The lowest BCUT2D eigenvalue weighted by molar-refractivity contribution is 0.0743. The van der Waals surface area contributed by atoms with E-state index < -0.39 is 0 Å². The Morgan fingerprint density at radius 2 is 1.69 bits per heavy atom. The zero-order chi connectivity index (χ0) is 17.9. The molecule has 0 aromatic heterocycles. The van der Waals surface area contributed by atoms with Gasteiger partial charge < -0.3 is 24.0 Å². The average Bonchev–Trinajstić information content (AvgIpc) is 2.73. The maximum atomic E-state index is 12.8. The number of benzene rings is 2. The number of carbonyl (C=O) groups excluding carboxylic acids is 1. The van der Waals surface area contributed by atoms with Gasteiger partial charge in [0, 0.05) is 37.9 Å². The predicted octanol–water partition coefficient (Wildman–Crippen LogP) is 2.43. The van der Waals surface area contributed by atoms with E-state index in [9.17, 15) is 4.79 Å². The molecule has 6 heteroatoms. The highest BCUT2D eigenvalue weighted by Gasteiger charge is 2.25. The Balaban J connectivity index is 1.43. The molecule has 2 aliphatic heterocycles. The molecule has 0 N–H and O–H groups in total. The zero-order valence-electron chi connectivity index (χ0n) is 14.8. The highest BCUT2D eigenvalue weighted by Crippen LogP contribution is 2.34. The Bertz CT molecular complexity index is 800. The van der Waals surface area contributed by atoms with Crippen LogP contribution in [-0.4, -0.2) is 57.3 Å². The van der Waals surface area contributed by atoms with Gasteiger partial charge >= 0.3 is 0 Å². The number of ether oxygens (including phenoxy) is 3. The Morgan fingerprint density at radius 1 is 0.962 bits per heavy atom. The summed E-state index contributed by atoms with van der Waals surface area (Å²) in [5.74, 6) is 2.22. The lowest BCUT2D eigenvalue weighted by atomic mass is 10.1. The fourth-order valence-corrected chi connectivity index (χ4v) is 3.39. The number of para-hydroxylation sites is 1. The molecule has 1 saturated heterocycles. The fraction of sp³-hybridized carbons (Fsp3) is 0.350. The first-order valence-electron chi connectivity index (χ1n) is 8.83. The van der Waals surface area contributed by atoms with E-state index in [0.717, 1.165) is 30.3 Å². The van der Waals surface area contributed by atoms with Crippen LogP contribution >= 0.6 is 0 Å². The van der Waals surface area contributed by atoms with Crippen LogP contribution in [0, 0.1) is 0 Å². The van der Waals surface area contributed by atoms with Gasteiger partial charge in [0.25, 0.3) is 5.91 Å². The fourth-order valence-electron chi connectivity index (χ4n) is 3.39. The quantitative estimate of drug-likeness (QED) is 0.847. The number of carbonyl (C=O) groups is 1. The van der Waals surface area contributed by atoms with Crippen molar-refractivity contribution in [1.29, 1.82) is 0 Å². The molecule has 0 unspecified atom stereocenters. The Morgan fingerprint density at radius 3 is 2.46 bits per heavy atom. The molecule has 4 rings (SSSR count). The third-order valence-electron chi connectivity index (χ3n) is 4.80. The van der Waals surface area contributed by atoms with Crippen LogP contribution in [0.15, 0.2) is 42.5 Å². The molecule has 2 heterocycles. The topological polar surface area (TPSA) is 51.2 Å². The highest BCUT2D eigenvalue weighted by atomic mass is 16.6. The summed E-state index contributed by atoms with van der Waals surface area (Å²) in [7, 11) is 1.59. The molecule has 136 valence electrons. The molecule has 1 amide bonds. The number of anilines is 1. The minimum absolute atomic E-state index is 0.0178. The van der Waals surface area contributed by atoms with Crippen molar-refractivity contribution in [2.45, 2.75) is 0 Å². The summed E-state index contributed by atoms with van der Waals surface area (Å²) in [4.78, 5) is 17.0. The van der Waals surface area contributed by atoms with Crippen LogP contribution in [0.25, 0.3) is 0 Å². The van der Waals surface area contributed by atoms with Crippen LogP contribution in [0.1, 0.15) is 10.4 Å². The van der Waals surface area contributed by atoms with Gasteiger partial charge in [-0.25, -0.2) is 0 Å². The Hall–Kier alpha value is -2.89.